The maximum Gasteiger partial charge on any atom is 0.256 e. The van der Waals surface area contributed by atoms with Gasteiger partial charge in [-0.25, -0.2) is 0 Å². The number of rotatable bonds is 8. The molecule has 2 atom stereocenters. The first kappa shape index (κ1) is 28.8. The normalized spacial score (nSPS) is 17.4. The van der Waals surface area contributed by atoms with Gasteiger partial charge in [0.15, 0.2) is 0 Å². The van der Waals surface area contributed by atoms with Gasteiger partial charge in [0.1, 0.15) is 12.2 Å². The predicted octanol–water partition coefficient (Wildman–Crippen LogP) is 5.61. The van der Waals surface area contributed by atoms with Gasteiger partial charge in [0.05, 0.1) is 13.0 Å². The van der Waals surface area contributed by atoms with E-state index in [-0.39, 0.29) is 29.6 Å². The third-order valence-corrected chi connectivity index (χ3v) is 7.35. The first-order valence-corrected chi connectivity index (χ1v) is 14.1. The van der Waals surface area contributed by atoms with E-state index in [1.807, 2.05) is 53.9 Å². The number of carbonyl (C=O) groups excluding carboxylic acids is 3. The number of amides is 3. The Hall–Kier alpha value is -3.20. The Morgan fingerprint density at radius 1 is 1.05 bits per heavy atom. The number of fused-ring (bicyclic) bond motifs is 1. The molecule has 0 spiro atoms. The van der Waals surface area contributed by atoms with E-state index in [1.165, 1.54) is 6.92 Å². The van der Waals surface area contributed by atoms with Crippen LogP contribution in [0.2, 0.25) is 5.02 Å². The molecule has 3 amide bonds. The number of hydrogen-bond donors (Lipinski definition) is 2. The van der Waals surface area contributed by atoms with E-state index in [0.717, 1.165) is 21.6 Å². The standard InChI is InChI=1S/C30H34ClN3O4S/c1-19(35)32-16-20-7-5-8-21(13-20)28-24-14-22(31)10-11-25(24)34(18-30(2,3)4)29(37)26(38-28)15-27(36)33-17-23-9-6-12-39-23/h5-14,26,28H,15-18H2,1-4H3,(H,32,35)(H,33,36). The fraction of sp³-hybridized carbons (Fsp3) is 0.367. The van der Waals surface area contributed by atoms with Crippen LogP contribution in [-0.4, -0.2) is 30.4 Å². The van der Waals surface area contributed by atoms with E-state index in [4.69, 9.17) is 16.3 Å². The highest BCUT2D eigenvalue weighted by molar-refractivity contribution is 7.09. The highest BCUT2D eigenvalue weighted by Gasteiger charge is 2.39. The topological polar surface area (TPSA) is 87.7 Å². The van der Waals surface area contributed by atoms with Crippen LogP contribution in [0.4, 0.5) is 5.69 Å². The molecule has 1 aliphatic heterocycles. The van der Waals surface area contributed by atoms with Crippen LogP contribution in [0, 0.1) is 5.41 Å². The Balaban J connectivity index is 1.72. The number of nitrogens with zero attached hydrogens (tertiary/aromatic N) is 1. The van der Waals surface area contributed by atoms with E-state index in [2.05, 4.69) is 31.4 Å². The number of carbonyl (C=O) groups is 3. The fourth-order valence-corrected chi connectivity index (χ4v) is 5.36. The van der Waals surface area contributed by atoms with Crippen LogP contribution in [0.25, 0.3) is 0 Å². The summed E-state index contributed by atoms with van der Waals surface area (Å²) < 4.78 is 6.53. The Labute approximate surface area is 238 Å². The zero-order chi connectivity index (χ0) is 28.2. The molecule has 1 aliphatic rings. The minimum absolute atomic E-state index is 0.116. The number of halogens is 1. The molecule has 0 saturated heterocycles. The van der Waals surface area contributed by atoms with Gasteiger partial charge in [-0.2, -0.15) is 0 Å². The second kappa shape index (κ2) is 12.3. The molecule has 7 nitrogen and oxygen atoms in total. The smallest absolute Gasteiger partial charge is 0.256 e. The minimum Gasteiger partial charge on any atom is -0.355 e. The van der Waals surface area contributed by atoms with Gasteiger partial charge < -0.3 is 20.3 Å². The molecule has 0 bridgehead atoms. The maximum atomic E-state index is 14.0. The third-order valence-electron chi connectivity index (χ3n) is 6.24. The Morgan fingerprint density at radius 2 is 1.85 bits per heavy atom. The molecule has 0 radical (unpaired) electrons. The SMILES string of the molecule is CC(=O)NCc1cccc(C2OC(CC(=O)NCc3cccs3)C(=O)N(CC(C)(C)C)c3ccc(Cl)cc32)c1. The highest BCUT2D eigenvalue weighted by Crippen LogP contribution is 2.41. The third kappa shape index (κ3) is 7.68. The second-order valence-electron chi connectivity index (χ2n) is 10.9. The lowest BCUT2D eigenvalue weighted by molar-refractivity contribution is -0.138. The first-order chi connectivity index (χ1) is 18.5. The van der Waals surface area contributed by atoms with Crippen LogP contribution < -0.4 is 15.5 Å². The number of ether oxygens (including phenoxy) is 1. The molecule has 2 aromatic carbocycles. The lowest BCUT2D eigenvalue weighted by Crippen LogP contribution is -2.45. The average Bonchev–Trinajstić information content (AvgIpc) is 3.37. The molecule has 206 valence electrons. The molecule has 2 heterocycles. The van der Waals surface area contributed by atoms with Crippen molar-refractivity contribution in [2.45, 2.75) is 59.4 Å². The van der Waals surface area contributed by atoms with E-state index in [0.29, 0.717) is 30.3 Å². The molecule has 0 aliphatic carbocycles. The van der Waals surface area contributed by atoms with Crippen molar-refractivity contribution in [3.63, 3.8) is 0 Å². The molecule has 0 saturated carbocycles. The van der Waals surface area contributed by atoms with E-state index >= 15 is 0 Å². The zero-order valence-corrected chi connectivity index (χ0v) is 24.2. The molecule has 4 rings (SSSR count). The van der Waals surface area contributed by atoms with Gasteiger partial charge >= 0.3 is 0 Å². The zero-order valence-electron chi connectivity index (χ0n) is 22.6. The minimum atomic E-state index is -1.01. The molecule has 2 N–H and O–H groups in total. The van der Waals surface area contributed by atoms with Crippen molar-refractivity contribution in [3.05, 3.63) is 86.6 Å². The average molecular weight is 568 g/mol. The van der Waals surface area contributed by atoms with Gasteiger partial charge in [0, 0.05) is 41.2 Å². The summed E-state index contributed by atoms with van der Waals surface area (Å²) in [6.45, 7) is 8.86. The number of hydrogen-bond acceptors (Lipinski definition) is 5. The van der Waals surface area contributed by atoms with Gasteiger partial charge in [0.2, 0.25) is 11.8 Å². The fourth-order valence-electron chi connectivity index (χ4n) is 4.53. The van der Waals surface area contributed by atoms with Crippen LogP contribution in [0.3, 0.4) is 0 Å². The van der Waals surface area contributed by atoms with Crippen LogP contribution in [0.5, 0.6) is 0 Å². The van der Waals surface area contributed by atoms with Crippen molar-refractivity contribution in [2.24, 2.45) is 5.41 Å². The quantitative estimate of drug-likeness (QED) is 0.370. The van der Waals surface area contributed by atoms with Crippen molar-refractivity contribution in [2.75, 3.05) is 11.4 Å². The molecule has 3 aromatic rings. The number of thiophene rings is 1. The summed E-state index contributed by atoms with van der Waals surface area (Å²) in [4.78, 5) is 41.2. The van der Waals surface area contributed by atoms with E-state index in [9.17, 15) is 14.4 Å². The maximum absolute atomic E-state index is 14.0. The summed E-state index contributed by atoms with van der Waals surface area (Å²) in [5.74, 6) is -0.656. The van der Waals surface area contributed by atoms with Crippen molar-refractivity contribution in [1.29, 1.82) is 0 Å². The predicted molar refractivity (Wildman–Crippen MR) is 155 cm³/mol. The van der Waals surface area contributed by atoms with Crippen molar-refractivity contribution < 1.29 is 19.1 Å². The summed E-state index contributed by atoms with van der Waals surface area (Å²) >= 11 is 8.02. The number of benzene rings is 2. The molecule has 39 heavy (non-hydrogen) atoms. The summed E-state index contributed by atoms with van der Waals surface area (Å²) in [6, 6.07) is 17.0. The van der Waals surface area contributed by atoms with E-state index in [1.54, 1.807) is 22.3 Å². The van der Waals surface area contributed by atoms with Gasteiger partial charge in [-0.1, -0.05) is 62.7 Å². The molecular formula is C30H34ClN3O4S. The van der Waals surface area contributed by atoms with Gasteiger partial charge in [-0.15, -0.1) is 11.3 Å². The Morgan fingerprint density at radius 3 is 2.54 bits per heavy atom. The van der Waals surface area contributed by atoms with Gasteiger partial charge in [0.25, 0.3) is 5.91 Å². The molecule has 0 fully saturated rings. The van der Waals surface area contributed by atoms with Crippen LogP contribution in [-0.2, 0) is 32.2 Å². The summed E-state index contributed by atoms with van der Waals surface area (Å²) in [7, 11) is 0. The highest BCUT2D eigenvalue weighted by atomic mass is 35.5. The van der Waals surface area contributed by atoms with E-state index < -0.39 is 12.2 Å². The monoisotopic (exact) mass is 567 g/mol. The summed E-state index contributed by atoms with van der Waals surface area (Å²) in [5, 5.41) is 8.21. The largest absolute Gasteiger partial charge is 0.355 e. The number of nitrogens with one attached hydrogen (secondary N) is 2. The Bertz CT molecular complexity index is 1340. The number of anilines is 1. The van der Waals surface area contributed by atoms with Crippen LogP contribution >= 0.6 is 22.9 Å². The van der Waals surface area contributed by atoms with Gasteiger partial charge in [-0.3, -0.25) is 14.4 Å². The molecule has 2 unspecified atom stereocenters. The van der Waals surface area contributed by atoms with Crippen LogP contribution in [0.1, 0.15) is 61.8 Å². The second-order valence-corrected chi connectivity index (χ2v) is 12.4. The van der Waals surface area contributed by atoms with Gasteiger partial charge in [-0.05, 0) is 46.2 Å². The van der Waals surface area contributed by atoms with Crippen molar-refractivity contribution in [1.82, 2.24) is 10.6 Å². The summed E-state index contributed by atoms with van der Waals surface area (Å²) in [5.41, 5.74) is 2.94. The molecular weight excluding hydrogens is 534 g/mol. The van der Waals surface area contributed by atoms with Crippen molar-refractivity contribution in [3.8, 4) is 0 Å². The first-order valence-electron chi connectivity index (χ1n) is 12.9. The molecule has 1 aromatic heterocycles. The summed E-state index contributed by atoms with van der Waals surface area (Å²) in [6.07, 6.45) is -1.78. The molecule has 9 heteroatoms. The Kier molecular flexibility index (Phi) is 9.10. The lowest BCUT2D eigenvalue weighted by Gasteiger charge is -2.31. The van der Waals surface area contributed by atoms with Crippen molar-refractivity contribution >= 4 is 46.3 Å². The lowest BCUT2D eigenvalue weighted by atomic mass is 9.94. The van der Waals surface area contributed by atoms with Crippen LogP contribution in [0.15, 0.2) is 60.0 Å².